The zero-order valence-corrected chi connectivity index (χ0v) is 12.1. The normalized spacial score (nSPS) is 15.9. The molecule has 2 aromatic rings. The Balaban J connectivity index is 1.83. The number of fused-ring (bicyclic) bond motifs is 1. The molecule has 5 nitrogen and oxygen atoms in total. The van der Waals surface area contributed by atoms with E-state index in [4.69, 9.17) is 0 Å². The second-order valence-electron chi connectivity index (χ2n) is 5.39. The molecule has 1 unspecified atom stereocenters. The van der Waals surface area contributed by atoms with Crippen LogP contribution in [0.4, 0.5) is 0 Å². The lowest BCUT2D eigenvalue weighted by Crippen LogP contribution is -2.26. The Hall–Kier alpha value is -1.75. The van der Waals surface area contributed by atoms with Crippen LogP contribution >= 0.6 is 0 Å². The number of nitrogens with zero attached hydrogens (tertiary/aromatic N) is 4. The van der Waals surface area contributed by atoms with Gasteiger partial charge < -0.3 is 5.32 Å². The zero-order chi connectivity index (χ0) is 13.9. The molecule has 0 spiro atoms. The third-order valence-corrected chi connectivity index (χ3v) is 4.02. The topological polar surface area (TPSA) is 55.6 Å². The van der Waals surface area contributed by atoms with Crippen LogP contribution in [0.1, 0.15) is 49.0 Å². The van der Waals surface area contributed by atoms with Crippen molar-refractivity contribution in [3.63, 3.8) is 0 Å². The summed E-state index contributed by atoms with van der Waals surface area (Å²) in [4.78, 5) is 8.85. The van der Waals surface area contributed by atoms with E-state index in [9.17, 15) is 0 Å². The van der Waals surface area contributed by atoms with Crippen LogP contribution in [0.2, 0.25) is 0 Å². The van der Waals surface area contributed by atoms with Crippen LogP contribution in [0.25, 0.3) is 0 Å². The van der Waals surface area contributed by atoms with Crippen LogP contribution in [0, 0.1) is 0 Å². The van der Waals surface area contributed by atoms with Gasteiger partial charge in [-0.25, -0.2) is 9.97 Å². The predicted molar refractivity (Wildman–Crippen MR) is 77.5 cm³/mol. The van der Waals surface area contributed by atoms with Crippen molar-refractivity contribution in [2.45, 2.75) is 45.7 Å². The van der Waals surface area contributed by atoms with Crippen LogP contribution in [0.5, 0.6) is 0 Å². The van der Waals surface area contributed by atoms with Gasteiger partial charge in [0.25, 0.3) is 0 Å². The molecule has 0 saturated heterocycles. The van der Waals surface area contributed by atoms with Gasteiger partial charge in [-0.1, -0.05) is 6.92 Å². The average molecular weight is 271 g/mol. The van der Waals surface area contributed by atoms with Gasteiger partial charge in [0.1, 0.15) is 6.33 Å². The van der Waals surface area contributed by atoms with E-state index >= 15 is 0 Å². The summed E-state index contributed by atoms with van der Waals surface area (Å²) in [5, 5.41) is 8.06. The largest absolute Gasteiger partial charge is 0.312 e. The number of rotatable bonds is 4. The van der Waals surface area contributed by atoms with Gasteiger partial charge in [-0.05, 0) is 19.4 Å². The van der Waals surface area contributed by atoms with E-state index in [-0.39, 0.29) is 0 Å². The quantitative estimate of drug-likeness (QED) is 0.922. The average Bonchev–Trinajstić information content (AvgIpc) is 2.95. The van der Waals surface area contributed by atoms with Crippen molar-refractivity contribution in [2.75, 3.05) is 6.54 Å². The Morgan fingerprint density at radius 3 is 3.15 bits per heavy atom. The van der Waals surface area contributed by atoms with E-state index in [1.165, 1.54) is 11.3 Å². The standard InChI is InChI=1S/C15H21N5/c1-3-11(2)20-7-5-12(19-20)8-15-13-9-16-6-4-14(13)17-10-18-15/h5,7,10-11,16H,3-4,6,8-9H2,1-2H3. The molecule has 0 bridgehead atoms. The fraction of sp³-hybridized carbons (Fsp3) is 0.533. The molecule has 2 aromatic heterocycles. The van der Waals surface area contributed by atoms with E-state index in [1.807, 2.05) is 4.68 Å². The van der Waals surface area contributed by atoms with Crippen LogP contribution in [-0.2, 0) is 19.4 Å². The van der Waals surface area contributed by atoms with Crippen LogP contribution < -0.4 is 5.32 Å². The smallest absolute Gasteiger partial charge is 0.115 e. The molecule has 1 aliphatic heterocycles. The van der Waals surface area contributed by atoms with Crippen LogP contribution in [0.3, 0.4) is 0 Å². The highest BCUT2D eigenvalue weighted by Gasteiger charge is 2.16. The van der Waals surface area contributed by atoms with Crippen molar-refractivity contribution in [3.8, 4) is 0 Å². The first-order chi connectivity index (χ1) is 9.78. The van der Waals surface area contributed by atoms with Gasteiger partial charge in [-0.3, -0.25) is 4.68 Å². The Morgan fingerprint density at radius 2 is 2.30 bits per heavy atom. The summed E-state index contributed by atoms with van der Waals surface area (Å²) in [7, 11) is 0. The van der Waals surface area contributed by atoms with Crippen LogP contribution in [-0.4, -0.2) is 26.3 Å². The maximum absolute atomic E-state index is 4.66. The summed E-state index contributed by atoms with van der Waals surface area (Å²) >= 11 is 0. The highest BCUT2D eigenvalue weighted by molar-refractivity contribution is 5.29. The fourth-order valence-electron chi connectivity index (χ4n) is 2.56. The summed E-state index contributed by atoms with van der Waals surface area (Å²) in [5.74, 6) is 0. The third-order valence-electron chi connectivity index (χ3n) is 4.02. The summed E-state index contributed by atoms with van der Waals surface area (Å²) in [6.07, 6.45) is 6.62. The highest BCUT2D eigenvalue weighted by Crippen LogP contribution is 2.17. The Bertz CT molecular complexity index is 590. The molecule has 20 heavy (non-hydrogen) atoms. The molecule has 1 atom stereocenters. The molecule has 5 heteroatoms. The molecule has 1 aliphatic rings. The van der Waals surface area contributed by atoms with Crippen molar-refractivity contribution in [1.82, 2.24) is 25.1 Å². The van der Waals surface area contributed by atoms with Gasteiger partial charge in [0.05, 0.1) is 11.4 Å². The number of nitrogens with one attached hydrogen (secondary N) is 1. The lowest BCUT2D eigenvalue weighted by molar-refractivity contribution is 0.474. The molecule has 0 amide bonds. The van der Waals surface area contributed by atoms with E-state index in [1.54, 1.807) is 6.33 Å². The molecule has 0 saturated carbocycles. The maximum atomic E-state index is 4.66. The predicted octanol–water partition coefficient (Wildman–Crippen LogP) is 1.88. The first-order valence-electron chi connectivity index (χ1n) is 7.34. The molecule has 0 aromatic carbocycles. The molecular weight excluding hydrogens is 250 g/mol. The molecule has 3 rings (SSSR count). The van der Waals surface area contributed by atoms with Crippen LogP contribution in [0.15, 0.2) is 18.6 Å². The second kappa shape index (κ2) is 5.71. The minimum absolute atomic E-state index is 0.449. The van der Waals surface area contributed by atoms with Gasteiger partial charge in [0, 0.05) is 49.4 Å². The fourth-order valence-corrected chi connectivity index (χ4v) is 2.56. The number of hydrogen-bond donors (Lipinski definition) is 1. The molecule has 106 valence electrons. The molecule has 0 fully saturated rings. The SMILES string of the molecule is CCC(C)n1ccc(Cc2ncnc3c2CNCC3)n1. The van der Waals surface area contributed by atoms with Gasteiger partial charge in [-0.15, -0.1) is 0 Å². The Labute approximate surface area is 119 Å². The van der Waals surface area contributed by atoms with Crippen molar-refractivity contribution in [1.29, 1.82) is 0 Å². The van der Waals surface area contributed by atoms with Gasteiger partial charge in [0.15, 0.2) is 0 Å². The van der Waals surface area contributed by atoms with E-state index < -0.39 is 0 Å². The maximum Gasteiger partial charge on any atom is 0.115 e. The highest BCUT2D eigenvalue weighted by atomic mass is 15.3. The zero-order valence-electron chi connectivity index (χ0n) is 12.1. The first-order valence-corrected chi connectivity index (χ1v) is 7.34. The number of hydrogen-bond acceptors (Lipinski definition) is 4. The molecule has 3 heterocycles. The van der Waals surface area contributed by atoms with Crippen molar-refractivity contribution in [3.05, 3.63) is 41.2 Å². The van der Waals surface area contributed by atoms with Crippen molar-refractivity contribution in [2.24, 2.45) is 0 Å². The van der Waals surface area contributed by atoms with Gasteiger partial charge >= 0.3 is 0 Å². The van der Waals surface area contributed by atoms with E-state index in [0.29, 0.717) is 6.04 Å². The van der Waals surface area contributed by atoms with Gasteiger partial charge in [0.2, 0.25) is 0 Å². The van der Waals surface area contributed by atoms with E-state index in [0.717, 1.165) is 43.7 Å². The minimum Gasteiger partial charge on any atom is -0.312 e. The first kappa shape index (κ1) is 13.2. The summed E-state index contributed by atoms with van der Waals surface area (Å²) in [6.45, 7) is 6.25. The molecular formula is C15H21N5. The monoisotopic (exact) mass is 271 g/mol. The molecule has 1 N–H and O–H groups in total. The molecule has 0 radical (unpaired) electrons. The summed E-state index contributed by atoms with van der Waals surface area (Å²) in [6, 6.07) is 2.54. The third kappa shape index (κ3) is 2.58. The Morgan fingerprint density at radius 1 is 1.40 bits per heavy atom. The second-order valence-corrected chi connectivity index (χ2v) is 5.39. The molecule has 0 aliphatic carbocycles. The lowest BCUT2D eigenvalue weighted by atomic mass is 10.0. The summed E-state index contributed by atoms with van der Waals surface area (Å²) < 4.78 is 2.04. The van der Waals surface area contributed by atoms with Gasteiger partial charge in [-0.2, -0.15) is 5.10 Å². The number of aromatic nitrogens is 4. The Kier molecular flexibility index (Phi) is 3.78. The van der Waals surface area contributed by atoms with Crippen molar-refractivity contribution >= 4 is 0 Å². The summed E-state index contributed by atoms with van der Waals surface area (Å²) in [5.41, 5.74) is 4.64. The van der Waals surface area contributed by atoms with E-state index in [2.05, 4.69) is 46.5 Å². The minimum atomic E-state index is 0.449. The van der Waals surface area contributed by atoms with Crippen molar-refractivity contribution < 1.29 is 0 Å². The lowest BCUT2D eigenvalue weighted by Gasteiger charge is -2.18.